The van der Waals surface area contributed by atoms with Gasteiger partial charge in [0.15, 0.2) is 0 Å². The fourth-order valence-electron chi connectivity index (χ4n) is 3.67. The SMILES string of the molecule is CCOc1ccc(-c2nc(CCOc3ccc(CCC(=O)O)c(CNC(=O)OC(C)C)c3)c(C)o2)cc1. The zero-order valence-electron chi connectivity index (χ0n) is 21.7. The standard InChI is InChI=1S/C28H34N2O7/c1-5-34-23-10-7-21(8-11-23)27-30-25(19(4)37-27)14-15-35-24-12-6-20(9-13-26(31)32)22(16-24)17-29-28(33)36-18(2)3/h6-8,10-12,16,18H,5,9,13-15,17H2,1-4H3,(H,29,33)(H,31,32). The van der Waals surface area contributed by atoms with Crippen LogP contribution in [0.3, 0.4) is 0 Å². The van der Waals surface area contributed by atoms with Crippen LogP contribution >= 0.6 is 0 Å². The van der Waals surface area contributed by atoms with Crippen molar-refractivity contribution < 1.29 is 33.3 Å². The number of nitrogens with one attached hydrogen (secondary N) is 1. The predicted octanol–water partition coefficient (Wildman–Crippen LogP) is 5.32. The van der Waals surface area contributed by atoms with Crippen molar-refractivity contribution in [1.29, 1.82) is 0 Å². The van der Waals surface area contributed by atoms with E-state index < -0.39 is 12.1 Å². The molecule has 1 amide bonds. The van der Waals surface area contributed by atoms with Crippen molar-refractivity contribution in [3.8, 4) is 23.0 Å². The predicted molar refractivity (Wildman–Crippen MR) is 138 cm³/mol. The molecule has 0 aliphatic heterocycles. The molecule has 9 heteroatoms. The Hall–Kier alpha value is -4.01. The van der Waals surface area contributed by atoms with Crippen LogP contribution < -0.4 is 14.8 Å². The molecule has 0 saturated heterocycles. The van der Waals surface area contributed by atoms with E-state index in [4.69, 9.17) is 23.7 Å². The molecule has 3 rings (SSSR count). The van der Waals surface area contributed by atoms with Gasteiger partial charge < -0.3 is 29.1 Å². The fourth-order valence-corrected chi connectivity index (χ4v) is 3.67. The number of carbonyl (C=O) groups is 2. The van der Waals surface area contributed by atoms with Gasteiger partial charge in [-0.05, 0) is 81.6 Å². The topological polar surface area (TPSA) is 120 Å². The third-order valence-electron chi connectivity index (χ3n) is 5.46. The van der Waals surface area contributed by atoms with Gasteiger partial charge in [0.05, 0.1) is 25.0 Å². The van der Waals surface area contributed by atoms with Gasteiger partial charge in [-0.2, -0.15) is 0 Å². The molecule has 0 radical (unpaired) electrons. The Balaban J connectivity index is 1.63. The van der Waals surface area contributed by atoms with Crippen LogP contribution in [0, 0.1) is 6.92 Å². The summed E-state index contributed by atoms with van der Waals surface area (Å²) in [7, 11) is 0. The zero-order valence-corrected chi connectivity index (χ0v) is 21.7. The summed E-state index contributed by atoms with van der Waals surface area (Å²) >= 11 is 0. The molecule has 1 heterocycles. The lowest BCUT2D eigenvalue weighted by Crippen LogP contribution is -2.26. The molecule has 0 fully saturated rings. The summed E-state index contributed by atoms with van der Waals surface area (Å²) in [5.41, 5.74) is 3.27. The molecule has 1 aromatic heterocycles. The number of carboxylic acids is 1. The lowest BCUT2D eigenvalue weighted by atomic mass is 10.0. The van der Waals surface area contributed by atoms with Gasteiger partial charge >= 0.3 is 12.1 Å². The van der Waals surface area contributed by atoms with E-state index in [1.165, 1.54) is 0 Å². The summed E-state index contributed by atoms with van der Waals surface area (Å²) in [5.74, 6) is 1.79. The molecule has 0 bridgehead atoms. The van der Waals surface area contributed by atoms with E-state index in [-0.39, 0.29) is 19.1 Å². The second-order valence-corrected chi connectivity index (χ2v) is 8.71. The number of benzene rings is 2. The van der Waals surface area contributed by atoms with Gasteiger partial charge in [-0.15, -0.1) is 0 Å². The lowest BCUT2D eigenvalue weighted by molar-refractivity contribution is -0.136. The molecule has 3 aromatic rings. The number of alkyl carbamates (subject to hydrolysis) is 1. The van der Waals surface area contributed by atoms with E-state index in [0.717, 1.165) is 33.9 Å². The second-order valence-electron chi connectivity index (χ2n) is 8.71. The van der Waals surface area contributed by atoms with E-state index >= 15 is 0 Å². The molecule has 0 aliphatic carbocycles. The average Bonchev–Trinajstić information content (AvgIpc) is 3.22. The van der Waals surface area contributed by atoms with Crippen LogP contribution in [0.5, 0.6) is 11.5 Å². The Kier molecular flexibility index (Phi) is 9.94. The van der Waals surface area contributed by atoms with Crippen molar-refractivity contribution in [2.75, 3.05) is 13.2 Å². The number of aromatic nitrogens is 1. The number of hydrogen-bond acceptors (Lipinski definition) is 7. The molecule has 0 unspecified atom stereocenters. The summed E-state index contributed by atoms with van der Waals surface area (Å²) in [4.78, 5) is 27.6. The van der Waals surface area contributed by atoms with E-state index in [1.54, 1.807) is 19.9 Å². The first-order chi connectivity index (χ1) is 17.7. The first kappa shape index (κ1) is 27.6. The van der Waals surface area contributed by atoms with Gasteiger partial charge in [0.1, 0.15) is 17.3 Å². The van der Waals surface area contributed by atoms with Gasteiger partial charge in [-0.3, -0.25) is 4.79 Å². The van der Waals surface area contributed by atoms with E-state index in [1.807, 2.05) is 50.2 Å². The first-order valence-electron chi connectivity index (χ1n) is 12.4. The van der Waals surface area contributed by atoms with Gasteiger partial charge in [0.2, 0.25) is 5.89 Å². The molecule has 198 valence electrons. The Morgan fingerprint density at radius 2 is 1.76 bits per heavy atom. The number of aryl methyl sites for hydroxylation is 2. The maximum absolute atomic E-state index is 11.9. The zero-order chi connectivity index (χ0) is 26.8. The molecule has 37 heavy (non-hydrogen) atoms. The molecule has 9 nitrogen and oxygen atoms in total. The second kappa shape index (κ2) is 13.3. The van der Waals surface area contributed by atoms with E-state index in [0.29, 0.717) is 37.7 Å². The number of nitrogens with zero attached hydrogens (tertiary/aromatic N) is 1. The van der Waals surface area contributed by atoms with Crippen LogP contribution in [0.25, 0.3) is 11.5 Å². The number of rotatable bonds is 13. The fraction of sp³-hybridized carbons (Fsp3) is 0.393. The number of amides is 1. The van der Waals surface area contributed by atoms with Gasteiger partial charge in [0, 0.05) is 24.9 Å². The number of oxazole rings is 1. The first-order valence-corrected chi connectivity index (χ1v) is 12.4. The van der Waals surface area contributed by atoms with Crippen LogP contribution in [0.1, 0.15) is 49.8 Å². The van der Waals surface area contributed by atoms with E-state index in [9.17, 15) is 9.59 Å². The van der Waals surface area contributed by atoms with Crippen molar-refractivity contribution >= 4 is 12.1 Å². The third kappa shape index (κ3) is 8.56. The molecule has 0 atom stereocenters. The summed E-state index contributed by atoms with van der Waals surface area (Å²) in [5, 5.41) is 11.8. The highest BCUT2D eigenvalue weighted by Crippen LogP contribution is 2.25. The Bertz CT molecular complexity index is 1190. The number of aliphatic carboxylic acids is 1. The molecule has 2 aromatic carbocycles. The summed E-state index contributed by atoms with van der Waals surface area (Å²) < 4.78 is 22.4. The molecule has 0 saturated carbocycles. The van der Waals surface area contributed by atoms with Crippen LogP contribution in [0.15, 0.2) is 46.9 Å². The van der Waals surface area contributed by atoms with Crippen LogP contribution in [0.4, 0.5) is 4.79 Å². The molecule has 2 N–H and O–H groups in total. The molecule has 0 aliphatic rings. The smallest absolute Gasteiger partial charge is 0.407 e. The molecule has 0 spiro atoms. The van der Waals surface area contributed by atoms with Crippen molar-refractivity contribution in [1.82, 2.24) is 10.3 Å². The number of carbonyl (C=O) groups excluding carboxylic acids is 1. The largest absolute Gasteiger partial charge is 0.494 e. The average molecular weight is 511 g/mol. The summed E-state index contributed by atoms with van der Waals surface area (Å²) in [6.45, 7) is 8.52. The van der Waals surface area contributed by atoms with Crippen molar-refractivity contribution in [3.63, 3.8) is 0 Å². The minimum Gasteiger partial charge on any atom is -0.494 e. The maximum Gasteiger partial charge on any atom is 0.407 e. The normalized spacial score (nSPS) is 10.8. The van der Waals surface area contributed by atoms with Crippen molar-refractivity contribution in [3.05, 3.63) is 65.0 Å². The number of ether oxygens (including phenoxy) is 3. The molecular formula is C28H34N2O7. The van der Waals surface area contributed by atoms with E-state index in [2.05, 4.69) is 10.3 Å². The van der Waals surface area contributed by atoms with Gasteiger partial charge in [-0.25, -0.2) is 9.78 Å². The van der Waals surface area contributed by atoms with Gasteiger partial charge in [-0.1, -0.05) is 6.07 Å². The highest BCUT2D eigenvalue weighted by atomic mass is 16.6. The van der Waals surface area contributed by atoms with Crippen molar-refractivity contribution in [2.24, 2.45) is 0 Å². The summed E-state index contributed by atoms with van der Waals surface area (Å²) in [6, 6.07) is 13.0. The van der Waals surface area contributed by atoms with Gasteiger partial charge in [0.25, 0.3) is 0 Å². The highest BCUT2D eigenvalue weighted by Gasteiger charge is 2.13. The minimum absolute atomic E-state index is 0.00817. The van der Waals surface area contributed by atoms with Crippen LogP contribution in [0.2, 0.25) is 0 Å². The minimum atomic E-state index is -0.883. The van der Waals surface area contributed by atoms with Crippen LogP contribution in [-0.2, 0) is 28.9 Å². The molecular weight excluding hydrogens is 476 g/mol. The third-order valence-corrected chi connectivity index (χ3v) is 5.46. The van der Waals surface area contributed by atoms with Crippen molar-refractivity contribution in [2.45, 2.75) is 59.6 Å². The Labute approximate surface area is 216 Å². The maximum atomic E-state index is 11.9. The Morgan fingerprint density at radius 3 is 2.43 bits per heavy atom. The monoisotopic (exact) mass is 510 g/mol. The number of carboxylic acid groups (broad SMARTS) is 1. The lowest BCUT2D eigenvalue weighted by Gasteiger charge is -2.14. The quantitative estimate of drug-likeness (QED) is 0.317. The highest BCUT2D eigenvalue weighted by molar-refractivity contribution is 5.68. The number of hydrogen-bond donors (Lipinski definition) is 2. The Morgan fingerprint density at radius 1 is 1.03 bits per heavy atom. The van der Waals surface area contributed by atoms with Crippen LogP contribution in [-0.4, -0.2) is 41.5 Å². The summed E-state index contributed by atoms with van der Waals surface area (Å²) in [6.07, 6.45) is 0.109.